The number of urea groups is 1. The molecule has 0 aliphatic heterocycles. The second-order valence-electron chi connectivity index (χ2n) is 7.60. The number of para-hydroxylation sites is 1. The molecule has 3 amide bonds. The molecule has 0 bridgehead atoms. The minimum absolute atomic E-state index is 0.0251. The van der Waals surface area contributed by atoms with Gasteiger partial charge in [-0.1, -0.05) is 25.1 Å². The highest BCUT2D eigenvalue weighted by molar-refractivity contribution is 7.89. The van der Waals surface area contributed by atoms with Crippen LogP contribution in [-0.4, -0.2) is 52.0 Å². The number of nitrogens with one attached hydrogen (secondary N) is 3. The fraction of sp³-hybridized carbons (Fsp3) is 0.364. The zero-order valence-electron chi connectivity index (χ0n) is 18.3. The van der Waals surface area contributed by atoms with Gasteiger partial charge in [-0.15, -0.1) is 0 Å². The van der Waals surface area contributed by atoms with E-state index in [1.54, 1.807) is 0 Å². The summed E-state index contributed by atoms with van der Waals surface area (Å²) in [4.78, 5) is 26.3. The Kier molecular flexibility index (Phi) is 7.37. The van der Waals surface area contributed by atoms with Crippen molar-refractivity contribution in [1.82, 2.24) is 9.62 Å². The molecule has 1 fully saturated rings. The number of hydrogen-bond donors (Lipinski definition) is 3. The molecular formula is C22H28N4O5S. The van der Waals surface area contributed by atoms with Crippen molar-refractivity contribution in [2.24, 2.45) is 0 Å². The molecule has 32 heavy (non-hydrogen) atoms. The standard InChI is InChI=1S/C22H28N4O5S/c1-4-15-7-5-6-8-18(15)23-21(27)14-26(2)22(28)24-19-13-17(11-12-20(19)31-3)32(29,30)25-16-9-10-16/h5-8,11-13,16,25H,4,9-10,14H2,1-3H3,(H,23,27)(H,24,28). The number of methoxy groups -OCH3 is 1. The van der Waals surface area contributed by atoms with E-state index in [1.165, 1.54) is 37.3 Å². The molecule has 1 aliphatic rings. The molecule has 9 nitrogen and oxygen atoms in total. The van der Waals surface area contributed by atoms with Crippen molar-refractivity contribution in [3.8, 4) is 5.75 Å². The molecule has 172 valence electrons. The third-order valence-electron chi connectivity index (χ3n) is 5.02. The van der Waals surface area contributed by atoms with Crippen molar-refractivity contribution in [2.45, 2.75) is 37.1 Å². The Balaban J connectivity index is 1.67. The highest BCUT2D eigenvalue weighted by atomic mass is 32.2. The Labute approximate surface area is 188 Å². The van der Waals surface area contributed by atoms with Gasteiger partial charge < -0.3 is 20.3 Å². The first-order valence-electron chi connectivity index (χ1n) is 10.3. The van der Waals surface area contributed by atoms with Crippen molar-refractivity contribution in [3.63, 3.8) is 0 Å². The van der Waals surface area contributed by atoms with E-state index in [9.17, 15) is 18.0 Å². The van der Waals surface area contributed by atoms with E-state index in [2.05, 4.69) is 15.4 Å². The van der Waals surface area contributed by atoms with Crippen molar-refractivity contribution in [2.75, 3.05) is 31.3 Å². The summed E-state index contributed by atoms with van der Waals surface area (Å²) < 4.78 is 32.8. The van der Waals surface area contributed by atoms with Crippen LogP contribution in [0.25, 0.3) is 0 Å². The average molecular weight is 461 g/mol. The molecule has 1 saturated carbocycles. The topological polar surface area (TPSA) is 117 Å². The smallest absolute Gasteiger partial charge is 0.322 e. The van der Waals surface area contributed by atoms with Gasteiger partial charge in [0.1, 0.15) is 12.3 Å². The van der Waals surface area contributed by atoms with Crippen molar-refractivity contribution in [1.29, 1.82) is 0 Å². The van der Waals surface area contributed by atoms with Crippen LogP contribution in [0, 0.1) is 0 Å². The minimum atomic E-state index is -3.70. The van der Waals surface area contributed by atoms with E-state index in [0.717, 1.165) is 24.8 Å². The van der Waals surface area contributed by atoms with Crippen LogP contribution in [0.1, 0.15) is 25.3 Å². The summed E-state index contributed by atoms with van der Waals surface area (Å²) >= 11 is 0. The van der Waals surface area contributed by atoms with Crippen molar-refractivity contribution < 1.29 is 22.7 Å². The maximum atomic E-state index is 12.7. The van der Waals surface area contributed by atoms with E-state index in [4.69, 9.17) is 4.74 Å². The van der Waals surface area contributed by atoms with Gasteiger partial charge in [0.05, 0.1) is 17.7 Å². The summed E-state index contributed by atoms with van der Waals surface area (Å²) in [5, 5.41) is 5.44. The number of hydrogen-bond acceptors (Lipinski definition) is 5. The number of likely N-dealkylation sites (N-methyl/N-ethyl adjacent to an activating group) is 1. The van der Waals surface area contributed by atoms with Crippen LogP contribution < -0.4 is 20.1 Å². The molecule has 2 aromatic rings. The first-order chi connectivity index (χ1) is 15.2. The zero-order valence-corrected chi connectivity index (χ0v) is 19.2. The first-order valence-corrected chi connectivity index (χ1v) is 11.8. The molecule has 0 aromatic heterocycles. The third kappa shape index (κ3) is 5.98. The lowest BCUT2D eigenvalue weighted by molar-refractivity contribution is -0.116. The Morgan fingerprint density at radius 3 is 2.47 bits per heavy atom. The van der Waals surface area contributed by atoms with E-state index in [1.807, 2.05) is 31.2 Å². The third-order valence-corrected chi connectivity index (χ3v) is 6.54. The number of carbonyl (C=O) groups excluding carboxylic acids is 2. The first kappa shape index (κ1) is 23.6. The Hall–Kier alpha value is -3.11. The number of aryl methyl sites for hydroxylation is 1. The largest absolute Gasteiger partial charge is 0.495 e. The number of nitrogens with zero attached hydrogens (tertiary/aromatic N) is 1. The number of benzene rings is 2. The average Bonchev–Trinajstić information content (AvgIpc) is 3.57. The zero-order chi connectivity index (χ0) is 23.3. The van der Waals surface area contributed by atoms with Crippen molar-refractivity contribution in [3.05, 3.63) is 48.0 Å². The summed E-state index contributed by atoms with van der Waals surface area (Å²) in [6.07, 6.45) is 2.39. The Morgan fingerprint density at radius 2 is 1.81 bits per heavy atom. The van der Waals surface area contributed by atoms with Crippen LogP contribution in [0.3, 0.4) is 0 Å². The molecule has 0 atom stereocenters. The van der Waals surface area contributed by atoms with Crippen LogP contribution >= 0.6 is 0 Å². The van der Waals surface area contributed by atoms with Crippen LogP contribution in [0.2, 0.25) is 0 Å². The summed E-state index contributed by atoms with van der Waals surface area (Å²) in [6.45, 7) is 1.81. The normalized spacial score (nSPS) is 13.3. The van der Waals surface area contributed by atoms with Gasteiger partial charge >= 0.3 is 6.03 Å². The lowest BCUT2D eigenvalue weighted by Gasteiger charge is -2.19. The van der Waals surface area contributed by atoms with E-state index in [0.29, 0.717) is 11.4 Å². The van der Waals surface area contributed by atoms with Gasteiger partial charge in [-0.05, 0) is 49.1 Å². The van der Waals surface area contributed by atoms with Gasteiger partial charge in [-0.25, -0.2) is 17.9 Å². The molecule has 0 unspecified atom stereocenters. The molecule has 0 spiro atoms. The lowest BCUT2D eigenvalue weighted by Crippen LogP contribution is -2.37. The van der Waals surface area contributed by atoms with Gasteiger partial charge in [0, 0.05) is 18.8 Å². The highest BCUT2D eigenvalue weighted by Crippen LogP contribution is 2.29. The van der Waals surface area contributed by atoms with E-state index < -0.39 is 16.1 Å². The van der Waals surface area contributed by atoms with Gasteiger partial charge in [-0.2, -0.15) is 0 Å². The quantitative estimate of drug-likeness (QED) is 0.532. The van der Waals surface area contributed by atoms with E-state index >= 15 is 0 Å². The highest BCUT2D eigenvalue weighted by Gasteiger charge is 2.28. The Bertz CT molecular complexity index is 1100. The number of carbonyl (C=O) groups is 2. The predicted molar refractivity (Wildman–Crippen MR) is 122 cm³/mol. The van der Waals surface area contributed by atoms with Crippen molar-refractivity contribution >= 4 is 33.3 Å². The Morgan fingerprint density at radius 1 is 1.09 bits per heavy atom. The molecule has 0 radical (unpaired) electrons. The summed E-state index contributed by atoms with van der Waals surface area (Å²) in [5.74, 6) is -0.0427. The molecule has 3 rings (SSSR count). The SMILES string of the molecule is CCc1ccccc1NC(=O)CN(C)C(=O)Nc1cc(S(=O)(=O)NC2CC2)ccc1OC. The summed E-state index contributed by atoms with van der Waals surface area (Å²) in [5.41, 5.74) is 1.90. The molecular weight excluding hydrogens is 432 g/mol. The van der Waals surface area contributed by atoms with Gasteiger partial charge in [0.2, 0.25) is 15.9 Å². The maximum absolute atomic E-state index is 12.7. The van der Waals surface area contributed by atoms with Crippen LogP contribution in [-0.2, 0) is 21.2 Å². The maximum Gasteiger partial charge on any atom is 0.322 e. The van der Waals surface area contributed by atoms with Crippen LogP contribution in [0.4, 0.5) is 16.2 Å². The molecule has 0 heterocycles. The van der Waals surface area contributed by atoms with Gasteiger partial charge in [0.15, 0.2) is 0 Å². The fourth-order valence-corrected chi connectivity index (χ4v) is 4.41. The summed E-state index contributed by atoms with van der Waals surface area (Å²) in [7, 11) is -0.800. The summed E-state index contributed by atoms with van der Waals surface area (Å²) in [6, 6.07) is 11.1. The second-order valence-corrected chi connectivity index (χ2v) is 9.32. The second kappa shape index (κ2) is 10.0. The van der Waals surface area contributed by atoms with Gasteiger partial charge in [-0.3, -0.25) is 4.79 Å². The number of anilines is 2. The molecule has 1 aliphatic carbocycles. The number of sulfonamides is 1. The molecule has 0 saturated heterocycles. The number of rotatable bonds is 9. The monoisotopic (exact) mass is 460 g/mol. The minimum Gasteiger partial charge on any atom is -0.495 e. The molecule has 10 heteroatoms. The fourth-order valence-electron chi connectivity index (χ4n) is 3.08. The number of ether oxygens (including phenoxy) is 1. The predicted octanol–water partition coefficient (Wildman–Crippen LogP) is 2.80. The van der Waals surface area contributed by atoms with Crippen LogP contribution in [0.5, 0.6) is 5.75 Å². The lowest BCUT2D eigenvalue weighted by atomic mass is 10.1. The van der Waals surface area contributed by atoms with Gasteiger partial charge in [0.25, 0.3) is 0 Å². The molecule has 3 N–H and O–H groups in total. The number of amides is 3. The van der Waals surface area contributed by atoms with Crippen LogP contribution in [0.15, 0.2) is 47.4 Å². The van der Waals surface area contributed by atoms with E-state index in [-0.39, 0.29) is 29.1 Å². The molecule has 2 aromatic carbocycles.